The molecule has 0 amide bonds. The van der Waals surface area contributed by atoms with Gasteiger partial charge >= 0.3 is 39.5 Å². The Kier molecular flexibility index (Phi) is 73.1. The third kappa shape index (κ3) is 76.3. The van der Waals surface area contributed by atoms with E-state index in [1.54, 1.807) is 0 Å². The zero-order valence-electron chi connectivity index (χ0n) is 66.9. The van der Waals surface area contributed by atoms with Gasteiger partial charge in [-0.25, -0.2) is 9.13 Å². The number of carbonyl (C=O) groups excluding carboxylic acids is 4. The molecule has 0 bridgehead atoms. The summed E-state index contributed by atoms with van der Waals surface area (Å²) in [7, 11) is -9.92. The monoisotopic (exact) mass is 1490 g/mol. The van der Waals surface area contributed by atoms with Crippen LogP contribution in [0.2, 0.25) is 0 Å². The normalized spacial score (nSPS) is 13.9. The molecule has 0 fully saturated rings. The fraction of sp³-hybridized carbons (Fsp3) is 0.952. The molecule has 17 nitrogen and oxygen atoms in total. The first-order valence-corrected chi connectivity index (χ1v) is 46.0. The summed E-state index contributed by atoms with van der Waals surface area (Å²) in [6, 6.07) is 0. The van der Waals surface area contributed by atoms with Gasteiger partial charge in [0, 0.05) is 25.7 Å². The molecule has 0 aliphatic rings. The van der Waals surface area contributed by atoms with Crippen LogP contribution in [-0.4, -0.2) is 96.7 Å². The van der Waals surface area contributed by atoms with Crippen molar-refractivity contribution in [1.29, 1.82) is 0 Å². The molecule has 0 aromatic carbocycles. The zero-order valence-corrected chi connectivity index (χ0v) is 68.7. The van der Waals surface area contributed by atoms with Gasteiger partial charge in [0.05, 0.1) is 26.4 Å². The summed E-state index contributed by atoms with van der Waals surface area (Å²) >= 11 is 0. The number of aliphatic hydroxyl groups excluding tert-OH is 1. The van der Waals surface area contributed by atoms with E-state index in [0.717, 1.165) is 108 Å². The first-order valence-electron chi connectivity index (χ1n) is 43.0. The molecule has 2 unspecified atom stereocenters. The standard InChI is InChI=1S/C83H162O17P2/c1-7-9-11-13-15-17-18-19-20-21-22-26-32-37-42-48-54-60-66-81(86)94-72-79(100-83(88)67-61-55-49-43-38-33-27-24-23-25-30-35-40-45-51-57-63-75(3)4)74-98-102(91,92)96-70-77(84)69-95-101(89,90)97-73-78(71-93-80(85)65-59-53-47-16-14-12-10-8-2)99-82(87)68-62-56-50-44-39-34-29-28-31-36-41-46-52-58-64-76(5)6/h75-79,84H,7-74H2,1-6H3,(H,89,90)(H,91,92)/t77-,78+,79+/m0/s1. The van der Waals surface area contributed by atoms with Gasteiger partial charge in [0.2, 0.25) is 0 Å². The van der Waals surface area contributed by atoms with Crippen LogP contribution >= 0.6 is 15.6 Å². The van der Waals surface area contributed by atoms with E-state index >= 15 is 0 Å². The van der Waals surface area contributed by atoms with E-state index in [4.69, 9.17) is 37.0 Å². The average Bonchev–Trinajstić information content (AvgIpc) is 1.58. The maximum atomic E-state index is 13.1. The van der Waals surface area contributed by atoms with Gasteiger partial charge in [-0.05, 0) is 37.5 Å². The minimum absolute atomic E-state index is 0.108. The second-order valence-corrected chi connectivity index (χ2v) is 33.7. The van der Waals surface area contributed by atoms with Crippen LogP contribution in [0.1, 0.15) is 440 Å². The fourth-order valence-electron chi connectivity index (χ4n) is 12.9. The third-order valence-corrected chi connectivity index (χ3v) is 21.4. The van der Waals surface area contributed by atoms with E-state index in [1.165, 1.54) is 250 Å². The number of phosphoric acid groups is 2. The lowest BCUT2D eigenvalue weighted by atomic mass is 10.0. The van der Waals surface area contributed by atoms with E-state index in [-0.39, 0.29) is 25.7 Å². The SMILES string of the molecule is CCCCCCCCCCCCCCCCCCCCC(=O)OC[C@H](COP(=O)(O)OC[C@@H](O)COP(=O)(O)OC[C@@H](COC(=O)CCCCCCCCCC)OC(=O)CCCCCCCCCCCCCCCCC(C)C)OC(=O)CCCCCCCCCCCCCCCCCCC(C)C. The maximum absolute atomic E-state index is 13.1. The highest BCUT2D eigenvalue weighted by atomic mass is 31.2. The van der Waals surface area contributed by atoms with Crippen molar-refractivity contribution in [2.24, 2.45) is 11.8 Å². The highest BCUT2D eigenvalue weighted by Gasteiger charge is 2.30. The molecular formula is C83H162O17P2. The predicted octanol–water partition coefficient (Wildman–Crippen LogP) is 25.1. The number of hydrogen-bond acceptors (Lipinski definition) is 15. The summed E-state index contributed by atoms with van der Waals surface area (Å²) in [6.07, 6.45) is 65.3. The number of carbonyl (C=O) groups is 4. The molecule has 0 aliphatic carbocycles. The van der Waals surface area contributed by atoms with Crippen LogP contribution < -0.4 is 0 Å². The molecule has 606 valence electrons. The fourth-order valence-corrected chi connectivity index (χ4v) is 14.5. The Labute approximate surface area is 626 Å². The Morgan fingerprint density at radius 1 is 0.265 bits per heavy atom. The van der Waals surface area contributed by atoms with Gasteiger partial charge in [0.1, 0.15) is 19.3 Å². The number of esters is 4. The summed E-state index contributed by atoms with van der Waals surface area (Å²) in [5.41, 5.74) is 0. The molecule has 19 heteroatoms. The average molecular weight is 1490 g/mol. The molecule has 3 N–H and O–H groups in total. The van der Waals surface area contributed by atoms with E-state index in [2.05, 4.69) is 41.5 Å². The van der Waals surface area contributed by atoms with Crippen molar-refractivity contribution in [2.45, 2.75) is 458 Å². The maximum Gasteiger partial charge on any atom is 0.472 e. The lowest BCUT2D eigenvalue weighted by Gasteiger charge is -2.21. The molecule has 102 heavy (non-hydrogen) atoms. The Morgan fingerprint density at radius 3 is 0.667 bits per heavy atom. The van der Waals surface area contributed by atoms with Crippen LogP contribution in [0.15, 0.2) is 0 Å². The van der Waals surface area contributed by atoms with Crippen molar-refractivity contribution >= 4 is 39.5 Å². The second-order valence-electron chi connectivity index (χ2n) is 30.8. The quantitative estimate of drug-likeness (QED) is 0.0222. The Morgan fingerprint density at radius 2 is 0.451 bits per heavy atom. The summed E-state index contributed by atoms with van der Waals surface area (Å²) < 4.78 is 68.7. The van der Waals surface area contributed by atoms with E-state index in [9.17, 15) is 43.2 Å². The number of ether oxygens (including phenoxy) is 4. The molecule has 0 rings (SSSR count). The topological polar surface area (TPSA) is 237 Å². The number of aliphatic hydroxyl groups is 1. The van der Waals surface area contributed by atoms with Crippen molar-refractivity contribution in [3.63, 3.8) is 0 Å². The van der Waals surface area contributed by atoms with E-state index < -0.39 is 97.5 Å². The molecule has 5 atom stereocenters. The van der Waals surface area contributed by atoms with Crippen molar-refractivity contribution in [3.8, 4) is 0 Å². The zero-order chi connectivity index (χ0) is 74.9. The highest BCUT2D eigenvalue weighted by Crippen LogP contribution is 2.45. The number of hydrogen-bond donors (Lipinski definition) is 3. The van der Waals surface area contributed by atoms with Crippen LogP contribution in [0.5, 0.6) is 0 Å². The van der Waals surface area contributed by atoms with Crippen molar-refractivity contribution in [1.82, 2.24) is 0 Å². The Hall–Kier alpha value is -1.94. The number of rotatable bonds is 82. The predicted molar refractivity (Wildman–Crippen MR) is 418 cm³/mol. The first kappa shape index (κ1) is 100. The molecule has 0 saturated carbocycles. The third-order valence-electron chi connectivity index (χ3n) is 19.5. The molecule has 0 aromatic rings. The van der Waals surface area contributed by atoms with Crippen molar-refractivity contribution in [3.05, 3.63) is 0 Å². The summed E-state index contributed by atoms with van der Waals surface area (Å²) in [4.78, 5) is 73.0. The van der Waals surface area contributed by atoms with Gasteiger partial charge in [-0.3, -0.25) is 37.3 Å². The number of unbranched alkanes of at least 4 members (excludes halogenated alkanes) is 52. The van der Waals surface area contributed by atoms with Gasteiger partial charge in [0.15, 0.2) is 12.2 Å². The van der Waals surface area contributed by atoms with Gasteiger partial charge in [-0.2, -0.15) is 0 Å². The summed E-state index contributed by atoms with van der Waals surface area (Å²) in [5, 5.41) is 10.6. The molecule has 0 spiro atoms. The minimum atomic E-state index is -4.96. The van der Waals surface area contributed by atoms with Crippen molar-refractivity contribution < 1.29 is 80.2 Å². The van der Waals surface area contributed by atoms with Crippen LogP contribution in [0.4, 0.5) is 0 Å². The molecule has 0 heterocycles. The molecule has 0 aromatic heterocycles. The van der Waals surface area contributed by atoms with Crippen LogP contribution in [-0.2, 0) is 65.4 Å². The first-order chi connectivity index (χ1) is 49.4. The lowest BCUT2D eigenvalue weighted by molar-refractivity contribution is -0.161. The largest absolute Gasteiger partial charge is 0.472 e. The van der Waals surface area contributed by atoms with Gasteiger partial charge < -0.3 is 33.8 Å². The van der Waals surface area contributed by atoms with Crippen LogP contribution in [0.25, 0.3) is 0 Å². The Bertz CT molecular complexity index is 1960. The molecular weight excluding hydrogens is 1330 g/mol. The smallest absolute Gasteiger partial charge is 0.462 e. The summed E-state index contributed by atoms with van der Waals surface area (Å²) in [6.45, 7) is 9.68. The van der Waals surface area contributed by atoms with Crippen molar-refractivity contribution in [2.75, 3.05) is 39.6 Å². The molecule has 0 saturated heterocycles. The van der Waals surface area contributed by atoms with E-state index in [0.29, 0.717) is 25.7 Å². The van der Waals surface area contributed by atoms with Gasteiger partial charge in [0.25, 0.3) is 0 Å². The van der Waals surface area contributed by atoms with Crippen LogP contribution in [0, 0.1) is 11.8 Å². The highest BCUT2D eigenvalue weighted by molar-refractivity contribution is 7.47. The Balaban J connectivity index is 5.20. The summed E-state index contributed by atoms with van der Waals surface area (Å²) in [5.74, 6) is -0.503. The van der Waals surface area contributed by atoms with Gasteiger partial charge in [-0.1, -0.05) is 388 Å². The molecule has 0 aliphatic heterocycles. The molecule has 0 radical (unpaired) electrons. The minimum Gasteiger partial charge on any atom is -0.462 e. The number of phosphoric ester groups is 2. The lowest BCUT2D eigenvalue weighted by Crippen LogP contribution is -2.30. The van der Waals surface area contributed by atoms with Crippen LogP contribution in [0.3, 0.4) is 0 Å². The second kappa shape index (κ2) is 74.5. The van der Waals surface area contributed by atoms with Gasteiger partial charge in [-0.15, -0.1) is 0 Å². The van der Waals surface area contributed by atoms with E-state index in [1.807, 2.05) is 0 Å².